The van der Waals surface area contributed by atoms with E-state index in [4.69, 9.17) is 9.47 Å². The second kappa shape index (κ2) is 9.03. The number of nitrogens with one attached hydrogen (secondary N) is 1. The third-order valence-electron chi connectivity index (χ3n) is 6.03. The zero-order chi connectivity index (χ0) is 21.0. The van der Waals surface area contributed by atoms with E-state index in [1.165, 1.54) is 11.8 Å². The van der Waals surface area contributed by atoms with Crippen molar-refractivity contribution < 1.29 is 9.47 Å². The van der Waals surface area contributed by atoms with E-state index in [0.717, 1.165) is 56.0 Å². The summed E-state index contributed by atoms with van der Waals surface area (Å²) in [5.41, 5.74) is 2.53. The molecule has 2 aliphatic heterocycles. The first-order valence-electron chi connectivity index (χ1n) is 10.9. The Morgan fingerprint density at radius 1 is 1.03 bits per heavy atom. The van der Waals surface area contributed by atoms with Crippen LogP contribution in [-0.4, -0.2) is 58.3 Å². The maximum absolute atomic E-state index is 12.3. The van der Waals surface area contributed by atoms with Crippen LogP contribution in [0.1, 0.15) is 18.4 Å². The number of pyridine rings is 1. The maximum Gasteiger partial charge on any atom is 0.270 e. The molecule has 2 aliphatic rings. The van der Waals surface area contributed by atoms with Crippen LogP contribution in [0.2, 0.25) is 0 Å². The van der Waals surface area contributed by atoms with Crippen LogP contribution in [0, 0.1) is 0 Å². The van der Waals surface area contributed by atoms with Crippen LogP contribution in [0.25, 0.3) is 11.2 Å². The molecule has 0 radical (unpaired) electrons. The Morgan fingerprint density at radius 2 is 1.87 bits per heavy atom. The SMILES string of the molecule is O=c1cnc2cccnc2n1CCN1CCC(NCc2ccc3c(c2)OCCO3)CC1. The first-order valence-corrected chi connectivity index (χ1v) is 10.9. The molecule has 1 N–H and O–H groups in total. The van der Waals surface area contributed by atoms with Crippen LogP contribution in [0.4, 0.5) is 0 Å². The van der Waals surface area contributed by atoms with Gasteiger partial charge in [0.05, 0.1) is 6.20 Å². The number of rotatable bonds is 6. The van der Waals surface area contributed by atoms with Crippen molar-refractivity contribution in [2.24, 2.45) is 0 Å². The van der Waals surface area contributed by atoms with Crippen molar-refractivity contribution in [1.29, 1.82) is 0 Å². The Morgan fingerprint density at radius 3 is 2.74 bits per heavy atom. The van der Waals surface area contributed by atoms with Crippen LogP contribution >= 0.6 is 0 Å². The second-order valence-corrected chi connectivity index (χ2v) is 8.07. The average molecular weight is 422 g/mol. The van der Waals surface area contributed by atoms with E-state index < -0.39 is 0 Å². The summed E-state index contributed by atoms with van der Waals surface area (Å²) < 4.78 is 13.0. The standard InChI is InChI=1S/C23H27N5O3/c29-22-16-26-19-2-1-7-24-23(19)28(22)11-10-27-8-5-18(6-9-27)25-15-17-3-4-20-21(14-17)31-13-12-30-20/h1-4,7,14,16,18,25H,5-6,8-13,15H2. The number of likely N-dealkylation sites (tertiary alicyclic amines) is 1. The van der Waals surface area contributed by atoms with Crippen molar-refractivity contribution in [2.75, 3.05) is 32.8 Å². The number of fused-ring (bicyclic) bond motifs is 2. The lowest BCUT2D eigenvalue weighted by Gasteiger charge is -2.32. The lowest BCUT2D eigenvalue weighted by Crippen LogP contribution is -2.43. The molecule has 8 heteroatoms. The fourth-order valence-corrected chi connectivity index (χ4v) is 4.27. The third-order valence-corrected chi connectivity index (χ3v) is 6.03. The maximum atomic E-state index is 12.3. The van der Waals surface area contributed by atoms with Crippen molar-refractivity contribution in [1.82, 2.24) is 24.8 Å². The molecule has 0 spiro atoms. The Labute approximate surface area is 180 Å². The van der Waals surface area contributed by atoms with E-state index in [1.807, 2.05) is 18.2 Å². The lowest BCUT2D eigenvalue weighted by atomic mass is 10.0. The van der Waals surface area contributed by atoms with Crippen molar-refractivity contribution in [3.05, 3.63) is 58.6 Å². The highest BCUT2D eigenvalue weighted by Gasteiger charge is 2.19. The molecule has 0 saturated carbocycles. The summed E-state index contributed by atoms with van der Waals surface area (Å²) in [5.74, 6) is 1.67. The first-order chi connectivity index (χ1) is 15.3. The molecular weight excluding hydrogens is 394 g/mol. The van der Waals surface area contributed by atoms with Crippen LogP contribution in [0.3, 0.4) is 0 Å². The van der Waals surface area contributed by atoms with Gasteiger partial charge >= 0.3 is 0 Å². The van der Waals surface area contributed by atoms with Crippen LogP contribution in [0.5, 0.6) is 11.5 Å². The first kappa shape index (κ1) is 20.0. The lowest BCUT2D eigenvalue weighted by molar-refractivity contribution is 0.171. The molecule has 0 atom stereocenters. The summed E-state index contributed by atoms with van der Waals surface area (Å²) in [4.78, 5) is 23.2. The number of benzene rings is 1. The van der Waals surface area contributed by atoms with Gasteiger partial charge in [-0.05, 0) is 55.8 Å². The quantitative estimate of drug-likeness (QED) is 0.650. The van der Waals surface area contributed by atoms with E-state index >= 15 is 0 Å². The normalized spacial score (nSPS) is 17.2. The Hall–Kier alpha value is -2.97. The van der Waals surface area contributed by atoms with E-state index in [0.29, 0.717) is 31.4 Å². The summed E-state index contributed by atoms with van der Waals surface area (Å²) in [6.07, 6.45) is 5.28. The van der Waals surface area contributed by atoms with Crippen LogP contribution in [-0.2, 0) is 13.1 Å². The number of aromatic nitrogens is 3. The molecule has 1 saturated heterocycles. The van der Waals surface area contributed by atoms with Gasteiger partial charge < -0.3 is 19.7 Å². The zero-order valence-corrected chi connectivity index (χ0v) is 17.5. The molecule has 162 valence electrons. The minimum atomic E-state index is -0.0952. The van der Waals surface area contributed by atoms with Gasteiger partial charge in [-0.25, -0.2) is 9.97 Å². The summed E-state index contributed by atoms with van der Waals surface area (Å²) in [6, 6.07) is 10.4. The molecule has 0 amide bonds. The van der Waals surface area contributed by atoms with Gasteiger partial charge in [-0.1, -0.05) is 6.07 Å². The van der Waals surface area contributed by atoms with E-state index in [1.54, 1.807) is 10.8 Å². The number of nitrogens with zero attached hydrogens (tertiary/aromatic N) is 4. The summed E-state index contributed by atoms with van der Waals surface area (Å²) in [6.45, 7) is 5.56. The molecule has 0 aliphatic carbocycles. The predicted octanol–water partition coefficient (Wildman–Crippen LogP) is 1.82. The van der Waals surface area contributed by atoms with Gasteiger partial charge in [0, 0.05) is 31.9 Å². The summed E-state index contributed by atoms with van der Waals surface area (Å²) in [5, 5.41) is 3.68. The zero-order valence-electron chi connectivity index (χ0n) is 17.5. The Bertz CT molecular complexity index is 1110. The van der Waals surface area contributed by atoms with E-state index in [2.05, 4.69) is 32.3 Å². The molecular formula is C23H27N5O3. The molecule has 8 nitrogen and oxygen atoms in total. The highest BCUT2D eigenvalue weighted by molar-refractivity contribution is 5.69. The highest BCUT2D eigenvalue weighted by Crippen LogP contribution is 2.30. The van der Waals surface area contributed by atoms with Crippen molar-refractivity contribution in [3.8, 4) is 11.5 Å². The number of hydrogen-bond acceptors (Lipinski definition) is 7. The second-order valence-electron chi connectivity index (χ2n) is 8.07. The molecule has 1 aromatic carbocycles. The largest absolute Gasteiger partial charge is 0.486 e. The smallest absolute Gasteiger partial charge is 0.270 e. The number of ether oxygens (including phenoxy) is 2. The van der Waals surface area contributed by atoms with Gasteiger partial charge in [-0.15, -0.1) is 0 Å². The minimum Gasteiger partial charge on any atom is -0.486 e. The molecule has 1 fully saturated rings. The summed E-state index contributed by atoms with van der Waals surface area (Å²) in [7, 11) is 0. The average Bonchev–Trinajstić information content (AvgIpc) is 2.82. The van der Waals surface area contributed by atoms with Gasteiger partial charge in [0.15, 0.2) is 17.1 Å². The van der Waals surface area contributed by atoms with Crippen molar-refractivity contribution in [2.45, 2.75) is 32.0 Å². The number of hydrogen-bond donors (Lipinski definition) is 1. The topological polar surface area (TPSA) is 81.5 Å². The molecule has 4 heterocycles. The molecule has 3 aromatic rings. The van der Waals surface area contributed by atoms with Gasteiger partial charge in [-0.2, -0.15) is 0 Å². The minimum absolute atomic E-state index is 0.0952. The molecule has 31 heavy (non-hydrogen) atoms. The highest BCUT2D eigenvalue weighted by atomic mass is 16.6. The fraction of sp³-hybridized carbons (Fsp3) is 0.435. The van der Waals surface area contributed by atoms with E-state index in [-0.39, 0.29) is 5.56 Å². The van der Waals surface area contributed by atoms with E-state index in [9.17, 15) is 4.79 Å². The predicted molar refractivity (Wildman–Crippen MR) is 118 cm³/mol. The van der Waals surface area contributed by atoms with Crippen LogP contribution < -0.4 is 20.3 Å². The molecule has 0 bridgehead atoms. The summed E-state index contributed by atoms with van der Waals surface area (Å²) >= 11 is 0. The third kappa shape index (κ3) is 4.55. The van der Waals surface area contributed by atoms with Gasteiger partial charge in [0.2, 0.25) is 0 Å². The van der Waals surface area contributed by atoms with Crippen molar-refractivity contribution >= 4 is 11.2 Å². The monoisotopic (exact) mass is 421 g/mol. The number of piperidine rings is 1. The van der Waals surface area contributed by atoms with Gasteiger partial charge in [0.25, 0.3) is 5.56 Å². The Balaban J connectivity index is 1.11. The van der Waals surface area contributed by atoms with Gasteiger partial charge in [0.1, 0.15) is 18.7 Å². The molecule has 5 rings (SSSR count). The fourth-order valence-electron chi connectivity index (χ4n) is 4.27. The molecule has 0 unspecified atom stereocenters. The Kier molecular flexibility index (Phi) is 5.82. The van der Waals surface area contributed by atoms with Gasteiger partial charge in [-0.3, -0.25) is 9.36 Å². The van der Waals surface area contributed by atoms with Crippen LogP contribution in [0.15, 0.2) is 47.5 Å². The molecule has 2 aromatic heterocycles. The van der Waals surface area contributed by atoms with Crippen molar-refractivity contribution in [3.63, 3.8) is 0 Å².